The summed E-state index contributed by atoms with van der Waals surface area (Å²) in [4.78, 5) is 0. The highest BCUT2D eigenvalue weighted by molar-refractivity contribution is 7.80. The van der Waals surface area contributed by atoms with Gasteiger partial charge in [0.2, 0.25) is 0 Å². The zero-order chi connectivity index (χ0) is 9.56. The molecule has 0 aromatic carbocycles. The number of hydrazone groups is 1. The van der Waals surface area contributed by atoms with Gasteiger partial charge in [0.25, 0.3) is 0 Å². The lowest BCUT2D eigenvalue weighted by Gasteiger charge is -2.06. The fourth-order valence-corrected chi connectivity index (χ4v) is 0.551. The van der Waals surface area contributed by atoms with Crippen LogP contribution < -0.4 is 10.7 Å². The predicted octanol–water partition coefficient (Wildman–Crippen LogP) is 1.42. The summed E-state index contributed by atoms with van der Waals surface area (Å²) >= 11 is 4.92. The average Bonchev–Trinajstić information content (AvgIpc) is 1.96. The van der Waals surface area contributed by atoms with E-state index in [0.717, 1.165) is 11.3 Å². The molecule has 0 heterocycles. The first-order valence-corrected chi connectivity index (χ1v) is 4.12. The Morgan fingerprint density at radius 2 is 2.00 bits per heavy atom. The Labute approximate surface area is 78.9 Å². The highest BCUT2D eigenvalue weighted by Crippen LogP contribution is 1.81. The number of nitrogens with zero attached hydrogens (tertiary/aromatic N) is 1. The van der Waals surface area contributed by atoms with Crippen LogP contribution in [-0.2, 0) is 0 Å². The maximum absolute atomic E-state index is 4.92. The fourth-order valence-electron chi connectivity index (χ4n) is 0.433. The smallest absolute Gasteiger partial charge is 0.187 e. The van der Waals surface area contributed by atoms with Gasteiger partial charge in [-0.3, -0.25) is 5.43 Å². The van der Waals surface area contributed by atoms with Gasteiger partial charge in [0.05, 0.1) is 0 Å². The molecule has 0 radical (unpaired) electrons. The fraction of sp³-hybridized carbons (Fsp3) is 0.500. The predicted molar refractivity (Wildman–Crippen MR) is 57.3 cm³/mol. The number of rotatable bonds is 3. The van der Waals surface area contributed by atoms with E-state index in [1.165, 1.54) is 0 Å². The lowest BCUT2D eigenvalue weighted by atomic mass is 10.4. The Morgan fingerprint density at radius 3 is 2.42 bits per heavy atom. The van der Waals surface area contributed by atoms with Crippen LogP contribution in [0, 0.1) is 0 Å². The van der Waals surface area contributed by atoms with E-state index in [-0.39, 0.29) is 0 Å². The monoisotopic (exact) mass is 185 g/mol. The summed E-state index contributed by atoms with van der Waals surface area (Å²) in [6.07, 6.45) is 0. The van der Waals surface area contributed by atoms with Crippen LogP contribution >= 0.6 is 12.2 Å². The van der Waals surface area contributed by atoms with Crippen molar-refractivity contribution in [1.82, 2.24) is 10.7 Å². The third kappa shape index (κ3) is 7.21. The Bertz CT molecular complexity index is 204. The molecule has 0 aromatic rings. The van der Waals surface area contributed by atoms with Crippen molar-refractivity contribution in [2.75, 3.05) is 6.54 Å². The van der Waals surface area contributed by atoms with Crippen LogP contribution in [0.2, 0.25) is 0 Å². The van der Waals surface area contributed by atoms with Gasteiger partial charge in [0.1, 0.15) is 0 Å². The molecule has 0 amide bonds. The Balaban J connectivity index is 3.61. The van der Waals surface area contributed by atoms with E-state index >= 15 is 0 Å². The molecule has 2 N–H and O–H groups in total. The van der Waals surface area contributed by atoms with Gasteiger partial charge in [-0.1, -0.05) is 12.2 Å². The highest BCUT2D eigenvalue weighted by Gasteiger charge is 1.91. The summed E-state index contributed by atoms with van der Waals surface area (Å²) in [6.45, 7) is 10.2. The zero-order valence-corrected chi connectivity index (χ0v) is 8.59. The Morgan fingerprint density at radius 1 is 1.42 bits per heavy atom. The molecule has 0 saturated carbocycles. The summed E-state index contributed by atoms with van der Waals surface area (Å²) in [7, 11) is 0. The largest absolute Gasteiger partial charge is 0.358 e. The molecule has 68 valence electrons. The SMILES string of the molecule is C=C(C)CNC(=S)NN=C(C)C. The number of nitrogens with one attached hydrogen (secondary N) is 2. The molecule has 0 rings (SSSR count). The summed E-state index contributed by atoms with van der Waals surface area (Å²) in [5.41, 5.74) is 4.68. The molecule has 0 unspecified atom stereocenters. The third-order valence-corrected chi connectivity index (χ3v) is 1.17. The standard InChI is InChI=1S/C8H15N3S/c1-6(2)5-9-8(12)11-10-7(3)4/h1,5H2,2-4H3,(H2,9,11,12). The van der Waals surface area contributed by atoms with Crippen LogP contribution in [0.3, 0.4) is 0 Å². The topological polar surface area (TPSA) is 36.4 Å². The first-order chi connectivity index (χ1) is 5.52. The molecule has 4 heteroatoms. The molecule has 0 aliphatic rings. The number of hydrogen-bond acceptors (Lipinski definition) is 2. The Kier molecular flexibility index (Phi) is 5.28. The molecule has 12 heavy (non-hydrogen) atoms. The van der Waals surface area contributed by atoms with Crippen LogP contribution in [0.1, 0.15) is 20.8 Å². The minimum atomic E-state index is 0.527. The van der Waals surface area contributed by atoms with Crippen molar-refractivity contribution in [3.05, 3.63) is 12.2 Å². The summed E-state index contributed by atoms with van der Waals surface area (Å²) < 4.78 is 0. The maximum Gasteiger partial charge on any atom is 0.187 e. The second-order valence-corrected chi connectivity index (χ2v) is 3.22. The quantitative estimate of drug-likeness (QED) is 0.302. The van der Waals surface area contributed by atoms with Crippen LogP contribution in [0.5, 0.6) is 0 Å². The van der Waals surface area contributed by atoms with E-state index < -0.39 is 0 Å². The van der Waals surface area contributed by atoms with Gasteiger partial charge in [-0.2, -0.15) is 5.10 Å². The first-order valence-electron chi connectivity index (χ1n) is 3.71. The third-order valence-electron chi connectivity index (χ3n) is 0.932. The molecule has 0 spiro atoms. The lowest BCUT2D eigenvalue weighted by Crippen LogP contribution is -2.33. The Hall–Kier alpha value is -0.900. The molecular weight excluding hydrogens is 170 g/mol. The van der Waals surface area contributed by atoms with Gasteiger partial charge in [0.15, 0.2) is 5.11 Å². The van der Waals surface area contributed by atoms with Crippen molar-refractivity contribution in [2.24, 2.45) is 5.10 Å². The van der Waals surface area contributed by atoms with Crippen molar-refractivity contribution >= 4 is 23.0 Å². The van der Waals surface area contributed by atoms with Crippen LogP contribution in [0.15, 0.2) is 17.3 Å². The van der Waals surface area contributed by atoms with Gasteiger partial charge < -0.3 is 5.32 Å². The van der Waals surface area contributed by atoms with E-state index in [9.17, 15) is 0 Å². The zero-order valence-electron chi connectivity index (χ0n) is 7.77. The normalized spacial score (nSPS) is 8.58. The van der Waals surface area contributed by atoms with E-state index in [1.807, 2.05) is 20.8 Å². The summed E-state index contributed by atoms with van der Waals surface area (Å²) in [5.74, 6) is 0. The highest BCUT2D eigenvalue weighted by atomic mass is 32.1. The lowest BCUT2D eigenvalue weighted by molar-refractivity contribution is 0.912. The average molecular weight is 185 g/mol. The van der Waals surface area contributed by atoms with Crippen LogP contribution in [0.4, 0.5) is 0 Å². The van der Waals surface area contributed by atoms with E-state index in [1.54, 1.807) is 0 Å². The van der Waals surface area contributed by atoms with Gasteiger partial charge in [0, 0.05) is 12.3 Å². The van der Waals surface area contributed by atoms with Crippen molar-refractivity contribution in [3.63, 3.8) is 0 Å². The van der Waals surface area contributed by atoms with Gasteiger partial charge in [-0.15, -0.1) is 0 Å². The molecular formula is C8H15N3S. The van der Waals surface area contributed by atoms with Crippen molar-refractivity contribution in [2.45, 2.75) is 20.8 Å². The molecule has 0 aliphatic carbocycles. The van der Waals surface area contributed by atoms with E-state index in [4.69, 9.17) is 12.2 Å². The molecule has 0 aromatic heterocycles. The van der Waals surface area contributed by atoms with Crippen molar-refractivity contribution in [3.8, 4) is 0 Å². The summed E-state index contributed by atoms with van der Waals surface area (Å²) in [5, 5.41) is 7.41. The second kappa shape index (κ2) is 5.71. The minimum absolute atomic E-state index is 0.527. The molecule has 0 saturated heterocycles. The van der Waals surface area contributed by atoms with Crippen molar-refractivity contribution < 1.29 is 0 Å². The first kappa shape index (κ1) is 11.1. The van der Waals surface area contributed by atoms with E-state index in [0.29, 0.717) is 11.7 Å². The second-order valence-electron chi connectivity index (χ2n) is 2.81. The molecule has 0 aliphatic heterocycles. The minimum Gasteiger partial charge on any atom is -0.358 e. The van der Waals surface area contributed by atoms with E-state index in [2.05, 4.69) is 22.4 Å². The number of thiocarbonyl (C=S) groups is 1. The molecule has 3 nitrogen and oxygen atoms in total. The van der Waals surface area contributed by atoms with Gasteiger partial charge in [-0.05, 0) is 33.0 Å². The molecule has 0 bridgehead atoms. The maximum atomic E-state index is 4.92. The number of hydrogen-bond donors (Lipinski definition) is 2. The summed E-state index contributed by atoms with van der Waals surface area (Å²) in [6, 6.07) is 0. The van der Waals surface area contributed by atoms with Crippen LogP contribution in [0.25, 0.3) is 0 Å². The van der Waals surface area contributed by atoms with Gasteiger partial charge >= 0.3 is 0 Å². The van der Waals surface area contributed by atoms with Gasteiger partial charge in [-0.25, -0.2) is 0 Å². The van der Waals surface area contributed by atoms with Crippen molar-refractivity contribution in [1.29, 1.82) is 0 Å². The molecule has 0 atom stereocenters. The molecule has 0 fully saturated rings. The van der Waals surface area contributed by atoms with Crippen LogP contribution in [-0.4, -0.2) is 17.4 Å².